The van der Waals surface area contributed by atoms with E-state index >= 15 is 8.78 Å². The Kier molecular flexibility index (Phi) is 9.39. The first-order valence-electron chi connectivity index (χ1n) is 13.8. The van der Waals surface area contributed by atoms with Gasteiger partial charge in [-0.15, -0.1) is 10.2 Å². The summed E-state index contributed by atoms with van der Waals surface area (Å²) in [7, 11) is 0. The van der Waals surface area contributed by atoms with E-state index in [1.807, 2.05) is 6.20 Å². The Morgan fingerprint density at radius 2 is 1.74 bits per heavy atom. The number of halogens is 2. The van der Waals surface area contributed by atoms with Crippen LogP contribution in [-0.4, -0.2) is 72.1 Å². The average Bonchev–Trinajstić information content (AvgIpc) is 3.65. The van der Waals surface area contributed by atoms with Gasteiger partial charge in [0.15, 0.2) is 5.65 Å². The van der Waals surface area contributed by atoms with E-state index in [0.29, 0.717) is 48.5 Å². The molecule has 0 atom stereocenters. The summed E-state index contributed by atoms with van der Waals surface area (Å²) < 4.78 is 45.1. The van der Waals surface area contributed by atoms with Crippen molar-refractivity contribution in [3.63, 3.8) is 0 Å². The van der Waals surface area contributed by atoms with E-state index in [1.165, 1.54) is 12.1 Å². The zero-order valence-electron chi connectivity index (χ0n) is 22.9. The molecule has 0 unspecified atom stereocenters. The summed E-state index contributed by atoms with van der Waals surface area (Å²) in [5, 5.41) is 25.7. The summed E-state index contributed by atoms with van der Waals surface area (Å²) in [6.45, 7) is 2.70. The van der Waals surface area contributed by atoms with Crippen molar-refractivity contribution < 1.29 is 28.2 Å². The Balaban J connectivity index is 1.13. The second kappa shape index (κ2) is 13.5. The van der Waals surface area contributed by atoms with Crippen LogP contribution in [0.4, 0.5) is 8.78 Å². The van der Waals surface area contributed by atoms with Crippen molar-refractivity contribution in [1.29, 1.82) is 0 Å². The maximum atomic E-state index is 15.6. The highest BCUT2D eigenvalue weighted by Gasteiger charge is 2.40. The smallest absolute Gasteiger partial charge is 0.333 e. The molecule has 5 rings (SSSR count). The number of aliphatic carboxylic acids is 1. The van der Waals surface area contributed by atoms with Gasteiger partial charge >= 0.3 is 11.9 Å². The molecule has 0 saturated heterocycles. The fourth-order valence-corrected chi connectivity index (χ4v) is 4.41. The molecule has 0 aliphatic heterocycles. The normalized spacial score (nSPS) is 12.0. The van der Waals surface area contributed by atoms with Gasteiger partial charge in [-0.25, -0.2) is 0 Å². The third kappa shape index (κ3) is 7.09. The van der Waals surface area contributed by atoms with Crippen LogP contribution in [0.2, 0.25) is 0 Å². The minimum absolute atomic E-state index is 0.0209. The van der Waals surface area contributed by atoms with Crippen molar-refractivity contribution in [3.8, 4) is 11.3 Å². The van der Waals surface area contributed by atoms with Crippen LogP contribution in [-0.2, 0) is 26.7 Å². The third-order valence-corrected chi connectivity index (χ3v) is 6.65. The van der Waals surface area contributed by atoms with Crippen LogP contribution in [0.15, 0.2) is 61.1 Å². The van der Waals surface area contributed by atoms with Crippen molar-refractivity contribution in [3.05, 3.63) is 72.4 Å². The summed E-state index contributed by atoms with van der Waals surface area (Å²) in [5.41, 5.74) is 1.79. The first kappa shape index (κ1) is 29.1. The molecule has 4 aromatic heterocycles. The number of unbranched alkanes of at least 4 members (excludes halogenated alkanes) is 2. The molecule has 0 aliphatic carbocycles. The molecule has 13 heteroatoms. The molecule has 5 aromatic rings. The van der Waals surface area contributed by atoms with E-state index in [9.17, 15) is 4.79 Å². The number of hydrogen-bond donors (Lipinski definition) is 1. The first-order valence-corrected chi connectivity index (χ1v) is 13.8. The largest absolute Gasteiger partial charge is 0.481 e. The van der Waals surface area contributed by atoms with Crippen LogP contribution in [0.1, 0.15) is 43.5 Å². The Hall–Kier alpha value is -4.36. The molecular weight excluding hydrogens is 548 g/mol. The molecule has 4 heterocycles. The fourth-order valence-electron chi connectivity index (χ4n) is 4.41. The van der Waals surface area contributed by atoms with Crippen molar-refractivity contribution in [2.24, 2.45) is 0 Å². The predicted octanol–water partition coefficient (Wildman–Crippen LogP) is 4.74. The van der Waals surface area contributed by atoms with Crippen LogP contribution in [0.25, 0.3) is 27.8 Å². The number of carboxylic acids is 1. The van der Waals surface area contributed by atoms with Gasteiger partial charge in [0.2, 0.25) is 5.82 Å². The number of pyridine rings is 1. The maximum Gasteiger partial charge on any atom is 0.333 e. The van der Waals surface area contributed by atoms with E-state index in [0.717, 1.165) is 30.2 Å². The van der Waals surface area contributed by atoms with E-state index in [1.54, 1.807) is 47.4 Å². The van der Waals surface area contributed by atoms with E-state index in [4.69, 9.17) is 14.6 Å². The number of ether oxygens (including phenoxy) is 2. The minimum Gasteiger partial charge on any atom is -0.481 e. The second-order valence-corrected chi connectivity index (χ2v) is 9.77. The summed E-state index contributed by atoms with van der Waals surface area (Å²) in [6, 6.07) is 11.1. The van der Waals surface area contributed by atoms with Crippen molar-refractivity contribution in [2.45, 2.75) is 44.6 Å². The molecule has 220 valence electrons. The zero-order chi connectivity index (χ0) is 29.4. The zero-order valence-corrected chi connectivity index (χ0v) is 22.9. The average molecular weight is 580 g/mol. The highest BCUT2D eigenvalue weighted by atomic mass is 19.3. The number of carboxylic acid groups (broad SMARTS) is 1. The molecule has 1 N–H and O–H groups in total. The summed E-state index contributed by atoms with van der Waals surface area (Å²) >= 11 is 0. The van der Waals surface area contributed by atoms with Crippen molar-refractivity contribution >= 4 is 22.5 Å². The quantitative estimate of drug-likeness (QED) is 0.165. The highest BCUT2D eigenvalue weighted by Crippen LogP contribution is 2.36. The molecule has 0 aliphatic rings. The van der Waals surface area contributed by atoms with Gasteiger partial charge in [0.25, 0.3) is 0 Å². The maximum absolute atomic E-state index is 15.6. The van der Waals surface area contributed by atoms with Crippen LogP contribution in [0.3, 0.4) is 0 Å². The predicted molar refractivity (Wildman–Crippen MR) is 149 cm³/mol. The number of fused-ring (bicyclic) bond motifs is 2. The molecule has 0 bridgehead atoms. The number of nitrogens with zero attached hydrogens (tertiary/aromatic N) is 7. The van der Waals surface area contributed by atoms with Gasteiger partial charge in [-0.1, -0.05) is 12.1 Å². The van der Waals surface area contributed by atoms with Gasteiger partial charge in [-0.05, 0) is 56.0 Å². The molecule has 0 amide bonds. The molecule has 42 heavy (non-hydrogen) atoms. The monoisotopic (exact) mass is 579 g/mol. The molecule has 0 radical (unpaired) electrons. The second-order valence-electron chi connectivity index (χ2n) is 9.77. The Morgan fingerprint density at radius 1 is 0.952 bits per heavy atom. The molecule has 0 saturated carbocycles. The van der Waals surface area contributed by atoms with Gasteiger partial charge < -0.3 is 14.6 Å². The fraction of sp³-hybridized carbons (Fsp3) is 0.379. The number of aromatic nitrogens is 7. The number of alkyl halides is 2. The number of aryl methyl sites for hydroxylation is 1. The van der Waals surface area contributed by atoms with E-state index < -0.39 is 17.7 Å². The van der Waals surface area contributed by atoms with Gasteiger partial charge in [-0.3, -0.25) is 14.5 Å². The van der Waals surface area contributed by atoms with Crippen LogP contribution in [0.5, 0.6) is 0 Å². The van der Waals surface area contributed by atoms with Crippen molar-refractivity contribution in [2.75, 3.05) is 26.4 Å². The third-order valence-electron chi connectivity index (χ3n) is 6.65. The van der Waals surface area contributed by atoms with Crippen molar-refractivity contribution in [1.82, 2.24) is 34.6 Å². The first-order chi connectivity index (χ1) is 20.4. The van der Waals surface area contributed by atoms with Gasteiger partial charge in [0.1, 0.15) is 0 Å². The standard InChI is InChI=1S/C29H31F2N7O4/c30-29(31,23-7-8-24-21(18-23)6-5-12-32-24)28-35-34-26-10-9-25(36-38(26)28)22-19-33-37(20-22)13-1-2-14-41-15-3-4-16-42-17-11-27(39)40/h5-10,12,18-20H,1-4,11,13-17H2,(H,39,40). The number of rotatable bonds is 16. The van der Waals surface area contributed by atoms with Crippen LogP contribution >= 0.6 is 0 Å². The van der Waals surface area contributed by atoms with Gasteiger partial charge in [-0.2, -0.15) is 23.5 Å². The lowest BCUT2D eigenvalue weighted by Crippen LogP contribution is -2.20. The lowest BCUT2D eigenvalue weighted by Gasteiger charge is -2.15. The number of carbonyl (C=O) groups is 1. The number of hydrogen-bond acceptors (Lipinski definition) is 8. The molecule has 0 spiro atoms. The molecule has 11 nitrogen and oxygen atoms in total. The van der Waals surface area contributed by atoms with Crippen LogP contribution < -0.4 is 0 Å². The molecule has 0 fully saturated rings. The highest BCUT2D eigenvalue weighted by molar-refractivity contribution is 5.79. The van der Waals surface area contributed by atoms with Gasteiger partial charge in [0.05, 0.1) is 30.4 Å². The molecule has 1 aromatic carbocycles. The van der Waals surface area contributed by atoms with Crippen LogP contribution in [0, 0.1) is 0 Å². The molecular formula is C29H31F2N7O4. The minimum atomic E-state index is -3.43. The van der Waals surface area contributed by atoms with E-state index in [2.05, 4.69) is 25.4 Å². The van der Waals surface area contributed by atoms with Gasteiger partial charge in [0, 0.05) is 55.3 Å². The topological polar surface area (TPSA) is 130 Å². The van der Waals surface area contributed by atoms with E-state index in [-0.39, 0.29) is 24.2 Å². The summed E-state index contributed by atoms with van der Waals surface area (Å²) in [6.07, 6.45) is 8.52. The lowest BCUT2D eigenvalue weighted by molar-refractivity contribution is -0.138. The summed E-state index contributed by atoms with van der Waals surface area (Å²) in [5.74, 6) is -4.86. The Labute approximate surface area is 240 Å². The Morgan fingerprint density at radius 3 is 2.55 bits per heavy atom. The summed E-state index contributed by atoms with van der Waals surface area (Å²) in [4.78, 5) is 14.6. The number of benzene rings is 1. The lowest BCUT2D eigenvalue weighted by atomic mass is 10.0. The Bertz CT molecular complexity index is 1640. The SMILES string of the molecule is O=C(O)CCOCCCCOCCCCn1cc(-c2ccc3nnc(C(F)(F)c4ccc5ncccc5c4)n3n2)cn1.